The first-order valence-electron chi connectivity index (χ1n) is 14.1. The monoisotopic (exact) mass is 474 g/mol. The molecule has 0 bridgehead atoms. The number of aryl methyl sites for hydroxylation is 1. The van der Waals surface area contributed by atoms with Gasteiger partial charge in [-0.25, -0.2) is 0 Å². The molecule has 6 aromatic rings. The fourth-order valence-electron chi connectivity index (χ4n) is 5.24. The highest BCUT2D eigenvalue weighted by Crippen LogP contribution is 2.40. The van der Waals surface area contributed by atoms with Crippen molar-refractivity contribution in [3.63, 3.8) is 0 Å². The normalized spacial score (nSPS) is 14.4. The Labute approximate surface area is 217 Å². The van der Waals surface area contributed by atoms with Crippen molar-refractivity contribution in [1.82, 2.24) is 4.98 Å². The highest BCUT2D eigenvalue weighted by molar-refractivity contribution is 6.17. The number of benzene rings is 4. The lowest BCUT2D eigenvalue weighted by atomic mass is 9.84. The second-order valence-electron chi connectivity index (χ2n) is 12.0. The van der Waals surface area contributed by atoms with Crippen molar-refractivity contribution >= 4 is 43.5 Å². The highest BCUT2D eigenvalue weighted by atomic mass is 16.3. The van der Waals surface area contributed by atoms with E-state index in [1.165, 1.54) is 33.3 Å². The predicted molar refractivity (Wildman–Crippen MR) is 154 cm³/mol. The van der Waals surface area contributed by atoms with Crippen molar-refractivity contribution in [2.75, 3.05) is 0 Å². The SMILES string of the molecule is [2H]C([2H])([2H])c1cnc(-c2cccc3c2oc2cc4c(ccc5ccc(C(C)(C)C)cc54)cc23)cc1C(C)(C)C. The summed E-state index contributed by atoms with van der Waals surface area (Å²) in [5, 5.41) is 6.85. The first-order chi connectivity index (χ1) is 18.2. The van der Waals surface area contributed by atoms with Crippen LogP contribution >= 0.6 is 0 Å². The second kappa shape index (κ2) is 7.67. The van der Waals surface area contributed by atoms with Crippen LogP contribution in [0, 0.1) is 6.85 Å². The quantitative estimate of drug-likeness (QED) is 0.222. The van der Waals surface area contributed by atoms with Gasteiger partial charge in [0.1, 0.15) is 11.2 Å². The van der Waals surface area contributed by atoms with Gasteiger partial charge in [0.2, 0.25) is 0 Å². The van der Waals surface area contributed by atoms with E-state index in [0.717, 1.165) is 33.1 Å². The summed E-state index contributed by atoms with van der Waals surface area (Å²) in [6, 6.07) is 23.5. The van der Waals surface area contributed by atoms with Gasteiger partial charge in [0.05, 0.1) is 5.69 Å². The summed E-state index contributed by atoms with van der Waals surface area (Å²) in [6.45, 7) is 10.6. The molecule has 36 heavy (non-hydrogen) atoms. The van der Waals surface area contributed by atoms with Crippen LogP contribution in [0.5, 0.6) is 0 Å². The average Bonchev–Trinajstić information content (AvgIpc) is 3.23. The lowest BCUT2D eigenvalue weighted by molar-refractivity contribution is 0.585. The summed E-state index contributed by atoms with van der Waals surface area (Å²) >= 11 is 0. The van der Waals surface area contributed by atoms with Gasteiger partial charge < -0.3 is 4.42 Å². The van der Waals surface area contributed by atoms with Gasteiger partial charge in [0.25, 0.3) is 0 Å². The Bertz CT molecular complexity index is 1910. The first kappa shape index (κ1) is 19.5. The van der Waals surface area contributed by atoms with Gasteiger partial charge in [0, 0.05) is 26.6 Å². The summed E-state index contributed by atoms with van der Waals surface area (Å²) < 4.78 is 30.6. The number of hydrogen-bond donors (Lipinski definition) is 0. The van der Waals surface area contributed by atoms with Crippen molar-refractivity contribution in [3.05, 3.63) is 89.6 Å². The zero-order valence-corrected chi connectivity index (χ0v) is 21.8. The minimum absolute atomic E-state index is 0.0583. The summed E-state index contributed by atoms with van der Waals surface area (Å²) in [7, 11) is 0. The lowest BCUT2D eigenvalue weighted by Gasteiger charge is -2.22. The minimum atomic E-state index is -2.23. The van der Waals surface area contributed by atoms with Crippen LogP contribution in [0.2, 0.25) is 0 Å². The van der Waals surface area contributed by atoms with Gasteiger partial charge in [-0.2, -0.15) is 0 Å². The highest BCUT2D eigenvalue weighted by Gasteiger charge is 2.20. The van der Waals surface area contributed by atoms with Crippen molar-refractivity contribution in [3.8, 4) is 11.3 Å². The number of rotatable bonds is 1. The van der Waals surface area contributed by atoms with Crippen LogP contribution in [-0.4, -0.2) is 4.98 Å². The van der Waals surface area contributed by atoms with E-state index in [9.17, 15) is 0 Å². The molecule has 180 valence electrons. The van der Waals surface area contributed by atoms with E-state index in [4.69, 9.17) is 8.53 Å². The van der Waals surface area contributed by atoms with Crippen LogP contribution in [0.25, 0.3) is 54.7 Å². The molecule has 0 aliphatic carbocycles. The number of para-hydroxylation sites is 1. The molecule has 0 saturated carbocycles. The van der Waals surface area contributed by atoms with E-state index in [1.54, 1.807) is 0 Å². The molecule has 0 amide bonds. The Morgan fingerprint density at radius 1 is 0.722 bits per heavy atom. The molecule has 2 nitrogen and oxygen atoms in total. The number of aromatic nitrogens is 1. The molecule has 2 heterocycles. The minimum Gasteiger partial charge on any atom is -0.455 e. The van der Waals surface area contributed by atoms with Gasteiger partial charge in [-0.15, -0.1) is 0 Å². The first-order valence-corrected chi connectivity index (χ1v) is 12.6. The smallest absolute Gasteiger partial charge is 0.144 e. The van der Waals surface area contributed by atoms with Crippen molar-refractivity contribution in [2.24, 2.45) is 0 Å². The van der Waals surface area contributed by atoms with E-state index in [1.807, 2.05) is 39.0 Å². The van der Waals surface area contributed by atoms with E-state index < -0.39 is 6.85 Å². The molecule has 0 unspecified atom stereocenters. The molecule has 0 atom stereocenters. The van der Waals surface area contributed by atoms with Gasteiger partial charge in [-0.05, 0) is 86.2 Å². The van der Waals surface area contributed by atoms with E-state index in [2.05, 4.69) is 74.3 Å². The number of fused-ring (bicyclic) bond motifs is 6. The fraction of sp³-hybridized carbons (Fsp3) is 0.265. The summed E-state index contributed by atoms with van der Waals surface area (Å²) in [5.41, 5.74) is 5.23. The largest absolute Gasteiger partial charge is 0.455 e. The maximum absolute atomic E-state index is 8.02. The molecule has 0 fully saturated rings. The maximum atomic E-state index is 8.02. The Balaban J connectivity index is 1.60. The summed E-state index contributed by atoms with van der Waals surface area (Å²) in [6.07, 6.45) is 1.51. The van der Waals surface area contributed by atoms with Gasteiger partial charge in [-0.1, -0.05) is 77.9 Å². The predicted octanol–water partition coefficient (Wildman–Crippen LogP) is 9.86. The number of pyridine rings is 1. The van der Waals surface area contributed by atoms with Crippen LogP contribution in [0.15, 0.2) is 77.3 Å². The topological polar surface area (TPSA) is 26.0 Å². The molecule has 0 N–H and O–H groups in total. The summed E-state index contributed by atoms with van der Waals surface area (Å²) in [4.78, 5) is 4.62. The van der Waals surface area contributed by atoms with E-state index in [0.29, 0.717) is 11.3 Å². The molecule has 2 heteroatoms. The zero-order valence-electron chi connectivity index (χ0n) is 24.8. The van der Waals surface area contributed by atoms with E-state index in [-0.39, 0.29) is 10.8 Å². The molecule has 0 spiro atoms. The van der Waals surface area contributed by atoms with Crippen LogP contribution in [0.4, 0.5) is 0 Å². The van der Waals surface area contributed by atoms with Crippen molar-refractivity contribution < 1.29 is 8.53 Å². The molecular formula is C34H33NO. The van der Waals surface area contributed by atoms with Gasteiger partial charge in [0.15, 0.2) is 0 Å². The third-order valence-electron chi connectivity index (χ3n) is 7.31. The third-order valence-corrected chi connectivity index (χ3v) is 7.31. The summed E-state index contributed by atoms with van der Waals surface area (Å²) in [5.74, 6) is 0. The molecule has 6 rings (SSSR count). The molecule has 2 aromatic heterocycles. The molecular weight excluding hydrogens is 438 g/mol. The molecule has 4 aromatic carbocycles. The number of hydrogen-bond acceptors (Lipinski definition) is 2. The Morgan fingerprint density at radius 2 is 1.47 bits per heavy atom. The third kappa shape index (κ3) is 3.59. The van der Waals surface area contributed by atoms with Crippen LogP contribution in [0.3, 0.4) is 0 Å². The molecule has 0 aliphatic rings. The molecule has 0 radical (unpaired) electrons. The van der Waals surface area contributed by atoms with Crippen molar-refractivity contribution in [1.29, 1.82) is 0 Å². The standard InChI is InChI=1S/C34H33NO/c1-20-19-35-30(18-29(20)34(5,6)7)25-10-8-9-24-28-15-22-12-11-21-13-14-23(33(2,3)4)16-26(21)27(22)17-31(28)36-32(24)25/h8-19H,1-7H3/i1D3. The van der Waals surface area contributed by atoms with E-state index >= 15 is 0 Å². The van der Waals surface area contributed by atoms with Crippen LogP contribution < -0.4 is 0 Å². The number of furan rings is 1. The zero-order chi connectivity index (χ0) is 27.9. The Kier molecular flexibility index (Phi) is 4.16. The fourth-order valence-corrected chi connectivity index (χ4v) is 5.24. The number of nitrogens with zero attached hydrogens (tertiary/aromatic N) is 1. The van der Waals surface area contributed by atoms with Gasteiger partial charge >= 0.3 is 0 Å². The average molecular weight is 475 g/mol. The molecule has 0 aliphatic heterocycles. The van der Waals surface area contributed by atoms with Crippen LogP contribution in [-0.2, 0) is 10.8 Å². The molecule has 0 saturated heterocycles. The van der Waals surface area contributed by atoms with Crippen molar-refractivity contribution in [2.45, 2.75) is 59.2 Å². The van der Waals surface area contributed by atoms with Crippen LogP contribution in [0.1, 0.15) is 62.3 Å². The lowest BCUT2D eigenvalue weighted by Crippen LogP contribution is -2.13. The Morgan fingerprint density at radius 3 is 2.22 bits per heavy atom. The maximum Gasteiger partial charge on any atom is 0.144 e. The Hall–Kier alpha value is -3.65. The second-order valence-corrected chi connectivity index (χ2v) is 12.0. The van der Waals surface area contributed by atoms with Gasteiger partial charge in [-0.3, -0.25) is 4.98 Å².